The molecule has 2 fully saturated rings. The number of piperidine rings is 1. The third-order valence-corrected chi connectivity index (χ3v) is 4.43. The Morgan fingerprint density at radius 3 is 2.82 bits per heavy atom. The molecule has 22 heavy (non-hydrogen) atoms. The van der Waals surface area contributed by atoms with Crippen molar-refractivity contribution in [3.05, 3.63) is 23.9 Å². The van der Waals surface area contributed by atoms with E-state index in [0.29, 0.717) is 0 Å². The minimum Gasteiger partial charge on any atom is -0.357 e. The Labute approximate surface area is 133 Å². The lowest BCUT2D eigenvalue weighted by atomic mass is 10.1. The van der Waals surface area contributed by atoms with E-state index in [1.165, 1.54) is 37.7 Å². The molecule has 120 valence electrons. The number of pyridine rings is 1. The zero-order valence-electron chi connectivity index (χ0n) is 13.5. The third-order valence-electron chi connectivity index (χ3n) is 4.43. The fraction of sp³-hybridized carbons (Fsp3) is 0.647. The second-order valence-electron chi connectivity index (χ2n) is 6.32. The van der Waals surface area contributed by atoms with E-state index in [0.717, 1.165) is 43.9 Å². The number of nitrogens with zero attached hydrogens (tertiary/aromatic N) is 3. The van der Waals surface area contributed by atoms with Crippen LogP contribution in [0.4, 0.5) is 5.82 Å². The Hall–Kier alpha value is -1.78. The van der Waals surface area contributed by atoms with Crippen LogP contribution in [0.2, 0.25) is 0 Å². The average Bonchev–Trinajstić information content (AvgIpc) is 3.40. The minimum atomic E-state index is 0.785. The summed E-state index contributed by atoms with van der Waals surface area (Å²) in [6.07, 6.45) is 8.53. The molecular formula is C17H27N5. The second-order valence-corrected chi connectivity index (χ2v) is 6.32. The quantitative estimate of drug-likeness (QED) is 0.646. The summed E-state index contributed by atoms with van der Waals surface area (Å²) >= 11 is 0. The Morgan fingerprint density at radius 2 is 2.09 bits per heavy atom. The molecular weight excluding hydrogens is 274 g/mol. The SMILES string of the molecule is CN=C(NCc1ccnc(N2CCCCC2)c1)NCC1CC1. The number of rotatable bonds is 5. The van der Waals surface area contributed by atoms with Crippen molar-refractivity contribution in [2.24, 2.45) is 10.9 Å². The van der Waals surface area contributed by atoms with Crippen LogP contribution in [0.1, 0.15) is 37.7 Å². The van der Waals surface area contributed by atoms with Crippen molar-refractivity contribution in [1.29, 1.82) is 0 Å². The Morgan fingerprint density at radius 1 is 1.27 bits per heavy atom. The molecule has 1 aromatic rings. The first-order valence-electron chi connectivity index (χ1n) is 8.49. The van der Waals surface area contributed by atoms with E-state index < -0.39 is 0 Å². The van der Waals surface area contributed by atoms with Gasteiger partial charge in [0.25, 0.3) is 0 Å². The lowest BCUT2D eigenvalue weighted by Gasteiger charge is -2.28. The standard InChI is InChI=1S/C17H27N5/c1-18-17(20-12-14-5-6-14)21-13-15-7-8-19-16(11-15)22-9-3-2-4-10-22/h7-8,11,14H,2-6,9-10,12-13H2,1H3,(H2,18,20,21). The number of hydrogen-bond donors (Lipinski definition) is 2. The molecule has 5 nitrogen and oxygen atoms in total. The van der Waals surface area contributed by atoms with E-state index in [-0.39, 0.29) is 0 Å². The predicted octanol–water partition coefficient (Wildman–Crippen LogP) is 2.15. The summed E-state index contributed by atoms with van der Waals surface area (Å²) in [5.41, 5.74) is 1.25. The van der Waals surface area contributed by atoms with Crippen LogP contribution in [-0.2, 0) is 6.54 Å². The summed E-state index contributed by atoms with van der Waals surface area (Å²) in [5.74, 6) is 2.85. The van der Waals surface area contributed by atoms with Gasteiger partial charge in [0.2, 0.25) is 0 Å². The van der Waals surface area contributed by atoms with Crippen molar-refractivity contribution in [1.82, 2.24) is 15.6 Å². The summed E-state index contributed by atoms with van der Waals surface area (Å²) in [6, 6.07) is 4.28. The molecule has 2 aliphatic rings. The van der Waals surface area contributed by atoms with E-state index in [4.69, 9.17) is 0 Å². The molecule has 1 saturated heterocycles. The van der Waals surface area contributed by atoms with E-state index >= 15 is 0 Å². The molecule has 3 rings (SSSR count). The number of hydrogen-bond acceptors (Lipinski definition) is 3. The van der Waals surface area contributed by atoms with Gasteiger partial charge in [-0.25, -0.2) is 4.98 Å². The van der Waals surface area contributed by atoms with Crippen molar-refractivity contribution in [3.8, 4) is 0 Å². The maximum absolute atomic E-state index is 4.53. The smallest absolute Gasteiger partial charge is 0.191 e. The van der Waals surface area contributed by atoms with Gasteiger partial charge in [-0.2, -0.15) is 0 Å². The summed E-state index contributed by atoms with van der Waals surface area (Å²) in [6.45, 7) is 4.09. The van der Waals surface area contributed by atoms with Gasteiger partial charge in [-0.05, 0) is 55.7 Å². The largest absolute Gasteiger partial charge is 0.357 e. The van der Waals surface area contributed by atoms with E-state index in [9.17, 15) is 0 Å². The zero-order valence-corrected chi connectivity index (χ0v) is 13.5. The molecule has 1 aliphatic heterocycles. The van der Waals surface area contributed by atoms with Gasteiger partial charge in [0.15, 0.2) is 5.96 Å². The Bertz CT molecular complexity index is 504. The first-order chi connectivity index (χ1) is 10.8. The van der Waals surface area contributed by atoms with Crippen LogP contribution in [0.5, 0.6) is 0 Å². The number of anilines is 1. The highest BCUT2D eigenvalue weighted by Crippen LogP contribution is 2.27. The van der Waals surface area contributed by atoms with Crippen LogP contribution < -0.4 is 15.5 Å². The van der Waals surface area contributed by atoms with Gasteiger partial charge >= 0.3 is 0 Å². The molecule has 2 N–H and O–H groups in total. The van der Waals surface area contributed by atoms with E-state index in [1.54, 1.807) is 0 Å². The monoisotopic (exact) mass is 301 g/mol. The number of aromatic nitrogens is 1. The van der Waals surface area contributed by atoms with Crippen molar-refractivity contribution in [3.63, 3.8) is 0 Å². The van der Waals surface area contributed by atoms with Crippen molar-refractivity contribution in [2.45, 2.75) is 38.6 Å². The number of aliphatic imine (C=N–C) groups is 1. The Kier molecular flexibility index (Phi) is 5.14. The maximum atomic E-state index is 4.53. The molecule has 0 aromatic carbocycles. The summed E-state index contributed by atoms with van der Waals surface area (Å²) < 4.78 is 0. The lowest BCUT2D eigenvalue weighted by Crippen LogP contribution is -2.38. The topological polar surface area (TPSA) is 52.6 Å². The summed E-state index contributed by atoms with van der Waals surface area (Å²) in [7, 11) is 1.83. The molecule has 0 atom stereocenters. The van der Waals surface area contributed by atoms with Gasteiger partial charge in [0.05, 0.1) is 0 Å². The van der Waals surface area contributed by atoms with Gasteiger partial charge in [-0.3, -0.25) is 4.99 Å². The second kappa shape index (κ2) is 7.47. The first kappa shape index (κ1) is 15.1. The molecule has 0 amide bonds. The minimum absolute atomic E-state index is 0.785. The molecule has 0 spiro atoms. The van der Waals surface area contributed by atoms with Gasteiger partial charge in [0.1, 0.15) is 5.82 Å². The van der Waals surface area contributed by atoms with Gasteiger partial charge in [-0.15, -0.1) is 0 Å². The van der Waals surface area contributed by atoms with Crippen LogP contribution >= 0.6 is 0 Å². The van der Waals surface area contributed by atoms with Crippen LogP contribution in [-0.4, -0.2) is 37.6 Å². The first-order valence-corrected chi connectivity index (χ1v) is 8.49. The normalized spacial score (nSPS) is 19.1. The maximum Gasteiger partial charge on any atom is 0.191 e. The van der Waals surface area contributed by atoms with E-state index in [1.807, 2.05) is 13.2 Å². The van der Waals surface area contributed by atoms with Crippen LogP contribution in [0.3, 0.4) is 0 Å². The molecule has 0 radical (unpaired) electrons. The summed E-state index contributed by atoms with van der Waals surface area (Å²) in [5, 5.41) is 6.78. The van der Waals surface area contributed by atoms with Gasteiger partial charge in [0, 0.05) is 39.4 Å². The molecule has 2 heterocycles. The highest BCUT2D eigenvalue weighted by molar-refractivity contribution is 5.79. The van der Waals surface area contributed by atoms with E-state index in [2.05, 4.69) is 37.6 Å². The van der Waals surface area contributed by atoms with Crippen LogP contribution in [0, 0.1) is 5.92 Å². The Balaban J connectivity index is 1.52. The third kappa shape index (κ3) is 4.36. The van der Waals surface area contributed by atoms with Crippen molar-refractivity contribution < 1.29 is 0 Å². The lowest BCUT2D eigenvalue weighted by molar-refractivity contribution is 0.573. The molecule has 5 heteroatoms. The van der Waals surface area contributed by atoms with Crippen molar-refractivity contribution in [2.75, 3.05) is 31.6 Å². The highest BCUT2D eigenvalue weighted by Gasteiger charge is 2.21. The molecule has 1 saturated carbocycles. The molecule has 1 aromatic heterocycles. The van der Waals surface area contributed by atoms with Gasteiger partial charge < -0.3 is 15.5 Å². The number of guanidine groups is 1. The fourth-order valence-corrected chi connectivity index (χ4v) is 2.84. The fourth-order valence-electron chi connectivity index (χ4n) is 2.84. The molecule has 0 unspecified atom stereocenters. The van der Waals surface area contributed by atoms with Crippen molar-refractivity contribution >= 4 is 11.8 Å². The van der Waals surface area contributed by atoms with Gasteiger partial charge in [-0.1, -0.05) is 0 Å². The zero-order chi connectivity index (χ0) is 15.2. The number of nitrogens with one attached hydrogen (secondary N) is 2. The predicted molar refractivity (Wildman–Crippen MR) is 91.2 cm³/mol. The highest BCUT2D eigenvalue weighted by atomic mass is 15.2. The average molecular weight is 301 g/mol. The molecule has 0 bridgehead atoms. The summed E-state index contributed by atoms with van der Waals surface area (Å²) in [4.78, 5) is 11.2. The van der Waals surface area contributed by atoms with Crippen LogP contribution in [0.25, 0.3) is 0 Å². The molecule has 1 aliphatic carbocycles. The van der Waals surface area contributed by atoms with Crippen LogP contribution in [0.15, 0.2) is 23.3 Å².